The fraction of sp³-hybridized carbons (Fsp3) is 0.300. The van der Waals surface area contributed by atoms with Crippen molar-refractivity contribution in [2.75, 3.05) is 26.2 Å². The molecule has 1 aliphatic rings. The van der Waals surface area contributed by atoms with Gasteiger partial charge >= 0.3 is 5.97 Å². The number of benzene rings is 2. The maximum Gasteiger partial charge on any atom is 0.336 e. The molecular formula is C20H18Cl2F2N2O4. The number of aromatic carboxylic acids is 1. The Morgan fingerprint density at radius 2 is 1.83 bits per heavy atom. The number of ether oxygens (including phenoxy) is 1. The molecule has 1 aliphatic heterocycles. The van der Waals surface area contributed by atoms with Crippen LogP contribution in [0.25, 0.3) is 0 Å². The molecule has 10 heteroatoms. The second-order valence-corrected chi connectivity index (χ2v) is 7.57. The number of rotatable bonds is 5. The molecule has 0 radical (unpaired) electrons. The van der Waals surface area contributed by atoms with Crippen molar-refractivity contribution < 1.29 is 28.2 Å². The normalized spacial score (nSPS) is 19.2. The average Bonchev–Trinajstić information content (AvgIpc) is 2.95. The number of carbonyl (C=O) groups excluding carboxylic acids is 1. The van der Waals surface area contributed by atoms with Crippen molar-refractivity contribution in [2.45, 2.75) is 6.10 Å². The molecule has 6 nitrogen and oxygen atoms in total. The molecule has 1 heterocycles. The van der Waals surface area contributed by atoms with Crippen LogP contribution in [-0.4, -0.2) is 43.2 Å². The second kappa shape index (κ2) is 9.70. The van der Waals surface area contributed by atoms with E-state index in [0.717, 1.165) is 5.56 Å². The zero-order valence-corrected chi connectivity index (χ0v) is 17.1. The summed E-state index contributed by atoms with van der Waals surface area (Å²) in [7, 11) is 0. The molecule has 1 saturated heterocycles. The van der Waals surface area contributed by atoms with E-state index in [4.69, 9.17) is 27.9 Å². The lowest BCUT2D eigenvalue weighted by atomic mass is 9.95. The van der Waals surface area contributed by atoms with E-state index in [9.17, 15) is 23.5 Å². The highest BCUT2D eigenvalue weighted by atomic mass is 35.5. The van der Waals surface area contributed by atoms with Gasteiger partial charge in [-0.2, -0.15) is 0 Å². The summed E-state index contributed by atoms with van der Waals surface area (Å²) in [5.74, 6) is -5.26. The van der Waals surface area contributed by atoms with Gasteiger partial charge in [0.1, 0.15) is 0 Å². The first-order valence-electron chi connectivity index (χ1n) is 9.05. The lowest BCUT2D eigenvalue weighted by Crippen LogP contribution is -2.37. The number of carboxylic acids is 1. The van der Waals surface area contributed by atoms with E-state index in [1.54, 1.807) is 18.2 Å². The summed E-state index contributed by atoms with van der Waals surface area (Å²) in [5, 5.41) is 15.8. The van der Waals surface area contributed by atoms with Gasteiger partial charge in [0.15, 0.2) is 11.6 Å². The van der Waals surface area contributed by atoms with E-state index in [2.05, 4.69) is 10.6 Å². The SMILES string of the molecule is O=C(O)c1cc(F)c(F)cc1C(=O)NC[C@@H]1CNCCO[C@H]1c1ccc(Cl)c(Cl)c1. The summed E-state index contributed by atoms with van der Waals surface area (Å²) in [6, 6.07) is 6.17. The van der Waals surface area contributed by atoms with E-state index in [1.165, 1.54) is 0 Å². The minimum Gasteiger partial charge on any atom is -0.478 e. The number of carboxylic acid groups (broad SMARTS) is 1. The van der Waals surface area contributed by atoms with Crippen LogP contribution in [0.1, 0.15) is 32.4 Å². The number of amides is 1. The van der Waals surface area contributed by atoms with Gasteiger partial charge < -0.3 is 20.5 Å². The molecule has 0 unspecified atom stereocenters. The number of nitrogens with one attached hydrogen (secondary N) is 2. The molecular weight excluding hydrogens is 441 g/mol. The first-order valence-corrected chi connectivity index (χ1v) is 9.81. The summed E-state index contributed by atoms with van der Waals surface area (Å²) in [6.45, 7) is 1.62. The van der Waals surface area contributed by atoms with Gasteiger partial charge in [0.2, 0.25) is 0 Å². The summed E-state index contributed by atoms with van der Waals surface area (Å²) < 4.78 is 32.9. The Bertz CT molecular complexity index is 974. The molecule has 1 amide bonds. The first-order chi connectivity index (χ1) is 14.3. The minimum absolute atomic E-state index is 0.0921. The third-order valence-electron chi connectivity index (χ3n) is 4.74. The van der Waals surface area contributed by atoms with Crippen molar-refractivity contribution in [1.29, 1.82) is 0 Å². The van der Waals surface area contributed by atoms with Gasteiger partial charge in [-0.15, -0.1) is 0 Å². The van der Waals surface area contributed by atoms with Crippen molar-refractivity contribution in [3.8, 4) is 0 Å². The van der Waals surface area contributed by atoms with Crippen LogP contribution in [0.5, 0.6) is 0 Å². The van der Waals surface area contributed by atoms with Gasteiger partial charge in [-0.25, -0.2) is 13.6 Å². The molecule has 0 aliphatic carbocycles. The predicted octanol–water partition coefficient (Wildman–Crippen LogP) is 3.68. The second-order valence-electron chi connectivity index (χ2n) is 6.76. The van der Waals surface area contributed by atoms with Crippen molar-refractivity contribution >= 4 is 35.1 Å². The van der Waals surface area contributed by atoms with Crippen LogP contribution in [0.15, 0.2) is 30.3 Å². The highest BCUT2D eigenvalue weighted by Crippen LogP contribution is 2.32. The van der Waals surface area contributed by atoms with Crippen LogP contribution in [0, 0.1) is 17.6 Å². The van der Waals surface area contributed by atoms with Gasteiger partial charge in [0, 0.05) is 25.6 Å². The van der Waals surface area contributed by atoms with E-state index < -0.39 is 40.7 Å². The number of hydrogen-bond donors (Lipinski definition) is 3. The van der Waals surface area contributed by atoms with Crippen LogP contribution in [0.2, 0.25) is 10.0 Å². The molecule has 0 spiro atoms. The predicted molar refractivity (Wildman–Crippen MR) is 107 cm³/mol. The van der Waals surface area contributed by atoms with Crippen molar-refractivity contribution in [3.63, 3.8) is 0 Å². The quantitative estimate of drug-likeness (QED) is 0.635. The van der Waals surface area contributed by atoms with Crippen LogP contribution in [0.4, 0.5) is 8.78 Å². The van der Waals surface area contributed by atoms with Crippen molar-refractivity contribution in [3.05, 3.63) is 68.7 Å². The molecule has 3 N–H and O–H groups in total. The Kier molecular flexibility index (Phi) is 7.25. The Morgan fingerprint density at radius 1 is 1.13 bits per heavy atom. The molecule has 2 aromatic carbocycles. The monoisotopic (exact) mass is 458 g/mol. The minimum atomic E-state index is -1.54. The average molecular weight is 459 g/mol. The van der Waals surface area contributed by atoms with Gasteiger partial charge in [0.05, 0.1) is 33.9 Å². The van der Waals surface area contributed by atoms with Crippen LogP contribution in [0.3, 0.4) is 0 Å². The summed E-state index contributed by atoms with van der Waals surface area (Å²) in [4.78, 5) is 23.9. The van der Waals surface area contributed by atoms with Crippen LogP contribution >= 0.6 is 23.2 Å². The molecule has 2 aromatic rings. The fourth-order valence-electron chi connectivity index (χ4n) is 3.26. The van der Waals surface area contributed by atoms with Gasteiger partial charge in [-0.1, -0.05) is 29.3 Å². The number of carbonyl (C=O) groups is 2. The molecule has 0 bridgehead atoms. The van der Waals surface area contributed by atoms with Crippen molar-refractivity contribution in [2.24, 2.45) is 5.92 Å². The number of halogens is 4. The largest absolute Gasteiger partial charge is 0.478 e. The lowest BCUT2D eigenvalue weighted by molar-refractivity contribution is 0.0305. The van der Waals surface area contributed by atoms with Crippen LogP contribution < -0.4 is 10.6 Å². The maximum atomic E-state index is 13.6. The third kappa shape index (κ3) is 5.07. The van der Waals surface area contributed by atoms with E-state index in [1.807, 2.05) is 0 Å². The van der Waals surface area contributed by atoms with Gasteiger partial charge in [0.25, 0.3) is 5.91 Å². The highest BCUT2D eigenvalue weighted by Gasteiger charge is 2.28. The van der Waals surface area contributed by atoms with Crippen LogP contribution in [-0.2, 0) is 4.74 Å². The Balaban J connectivity index is 1.80. The molecule has 0 saturated carbocycles. The van der Waals surface area contributed by atoms with E-state index >= 15 is 0 Å². The van der Waals surface area contributed by atoms with Gasteiger partial charge in [-0.3, -0.25) is 4.79 Å². The number of hydrogen-bond acceptors (Lipinski definition) is 4. The topological polar surface area (TPSA) is 87.7 Å². The zero-order chi connectivity index (χ0) is 21.8. The molecule has 0 aromatic heterocycles. The van der Waals surface area contributed by atoms with Gasteiger partial charge in [-0.05, 0) is 29.8 Å². The molecule has 3 rings (SSSR count). The Hall–Kier alpha value is -2.26. The molecule has 2 atom stereocenters. The molecule has 160 valence electrons. The zero-order valence-electron chi connectivity index (χ0n) is 15.6. The summed E-state index contributed by atoms with van der Waals surface area (Å²) in [6.07, 6.45) is -0.418. The fourth-order valence-corrected chi connectivity index (χ4v) is 3.56. The Labute approximate surface area is 181 Å². The lowest BCUT2D eigenvalue weighted by Gasteiger charge is -2.26. The van der Waals surface area contributed by atoms with Crippen molar-refractivity contribution in [1.82, 2.24) is 10.6 Å². The third-order valence-corrected chi connectivity index (χ3v) is 5.48. The maximum absolute atomic E-state index is 13.6. The first kappa shape index (κ1) is 22.4. The molecule has 1 fully saturated rings. The highest BCUT2D eigenvalue weighted by molar-refractivity contribution is 6.42. The summed E-state index contributed by atoms with van der Waals surface area (Å²) >= 11 is 12.1. The van der Waals surface area contributed by atoms with E-state index in [-0.39, 0.29) is 12.5 Å². The Morgan fingerprint density at radius 3 is 2.50 bits per heavy atom. The smallest absolute Gasteiger partial charge is 0.336 e. The summed E-state index contributed by atoms with van der Waals surface area (Å²) in [5.41, 5.74) is -0.316. The standard InChI is InChI=1S/C20H18Cl2F2N2O4/c21-14-2-1-10(5-15(14)22)18-11(8-25-3-4-30-18)9-26-19(27)12-6-16(23)17(24)7-13(12)20(28)29/h1-2,5-7,11,18,25H,3-4,8-9H2,(H,26,27)(H,28,29)/t11-,18-/m0/s1. The molecule has 30 heavy (non-hydrogen) atoms. The van der Waals surface area contributed by atoms with E-state index in [0.29, 0.717) is 41.9 Å².